The molecule has 0 saturated heterocycles. The molecule has 0 spiro atoms. The van der Waals surface area contributed by atoms with E-state index in [-0.39, 0.29) is 18.5 Å². The SMILES string of the molecule is CCC(NC(C)CCC(=O)O)c1ccc(OC)cc1. The molecule has 2 atom stereocenters. The fraction of sp³-hybridized carbons (Fsp3) is 0.533. The minimum Gasteiger partial charge on any atom is -0.497 e. The third kappa shape index (κ3) is 5.30. The first-order valence-corrected chi connectivity index (χ1v) is 6.68. The molecule has 4 heteroatoms. The quantitative estimate of drug-likeness (QED) is 0.758. The minimum absolute atomic E-state index is 0.183. The highest BCUT2D eigenvalue weighted by molar-refractivity contribution is 5.66. The summed E-state index contributed by atoms with van der Waals surface area (Å²) >= 11 is 0. The highest BCUT2D eigenvalue weighted by Gasteiger charge is 2.13. The number of nitrogens with one attached hydrogen (secondary N) is 1. The monoisotopic (exact) mass is 265 g/mol. The number of rotatable bonds is 8. The molecule has 0 aliphatic heterocycles. The molecule has 1 aromatic rings. The number of hydrogen-bond acceptors (Lipinski definition) is 3. The van der Waals surface area contributed by atoms with E-state index >= 15 is 0 Å². The van der Waals surface area contributed by atoms with Crippen LogP contribution in [0.4, 0.5) is 0 Å². The van der Waals surface area contributed by atoms with E-state index in [2.05, 4.69) is 12.2 Å². The zero-order valence-electron chi connectivity index (χ0n) is 11.8. The van der Waals surface area contributed by atoms with Crippen LogP contribution < -0.4 is 10.1 Å². The molecule has 106 valence electrons. The number of ether oxygens (including phenoxy) is 1. The molecular formula is C15H23NO3. The van der Waals surface area contributed by atoms with Crippen LogP contribution in [0.3, 0.4) is 0 Å². The van der Waals surface area contributed by atoms with Crippen LogP contribution in [0, 0.1) is 0 Å². The third-order valence-electron chi connectivity index (χ3n) is 3.20. The van der Waals surface area contributed by atoms with Crippen molar-refractivity contribution >= 4 is 5.97 Å². The van der Waals surface area contributed by atoms with Crippen LogP contribution in [0.25, 0.3) is 0 Å². The molecule has 19 heavy (non-hydrogen) atoms. The van der Waals surface area contributed by atoms with Crippen LogP contribution in [0.5, 0.6) is 5.75 Å². The molecule has 1 aromatic carbocycles. The minimum atomic E-state index is -0.744. The van der Waals surface area contributed by atoms with E-state index in [0.717, 1.165) is 12.2 Å². The summed E-state index contributed by atoms with van der Waals surface area (Å²) in [5.41, 5.74) is 1.20. The Bertz CT molecular complexity index is 389. The first-order chi connectivity index (χ1) is 9.06. The van der Waals surface area contributed by atoms with Gasteiger partial charge in [-0.3, -0.25) is 4.79 Å². The number of carboxylic acids is 1. The van der Waals surface area contributed by atoms with E-state index in [1.54, 1.807) is 7.11 Å². The maximum Gasteiger partial charge on any atom is 0.303 e. The Hall–Kier alpha value is -1.55. The van der Waals surface area contributed by atoms with Gasteiger partial charge in [-0.15, -0.1) is 0 Å². The molecule has 4 nitrogen and oxygen atoms in total. The smallest absolute Gasteiger partial charge is 0.303 e. The Kier molecular flexibility index (Phi) is 6.36. The lowest BCUT2D eigenvalue weighted by Crippen LogP contribution is -2.30. The Morgan fingerprint density at radius 2 is 2.00 bits per heavy atom. The Balaban J connectivity index is 2.58. The molecule has 0 saturated carbocycles. The molecule has 0 bridgehead atoms. The molecular weight excluding hydrogens is 242 g/mol. The van der Waals surface area contributed by atoms with Gasteiger partial charge in [0, 0.05) is 18.5 Å². The van der Waals surface area contributed by atoms with Gasteiger partial charge >= 0.3 is 5.97 Å². The number of carboxylic acid groups (broad SMARTS) is 1. The van der Waals surface area contributed by atoms with Crippen molar-refractivity contribution in [2.75, 3.05) is 7.11 Å². The maximum atomic E-state index is 10.6. The van der Waals surface area contributed by atoms with E-state index < -0.39 is 5.97 Å². The largest absolute Gasteiger partial charge is 0.497 e. The van der Waals surface area contributed by atoms with E-state index in [1.807, 2.05) is 31.2 Å². The number of hydrogen-bond donors (Lipinski definition) is 2. The summed E-state index contributed by atoms with van der Waals surface area (Å²) in [7, 11) is 1.65. The molecule has 0 aliphatic rings. The number of benzene rings is 1. The molecule has 1 rings (SSSR count). The summed E-state index contributed by atoms with van der Waals surface area (Å²) in [6, 6.07) is 8.41. The van der Waals surface area contributed by atoms with Crippen molar-refractivity contribution < 1.29 is 14.6 Å². The van der Waals surface area contributed by atoms with Crippen molar-refractivity contribution in [2.45, 2.75) is 45.2 Å². The van der Waals surface area contributed by atoms with Gasteiger partial charge in [-0.05, 0) is 37.5 Å². The number of methoxy groups -OCH3 is 1. The van der Waals surface area contributed by atoms with Crippen molar-refractivity contribution in [1.29, 1.82) is 0 Å². The number of aliphatic carboxylic acids is 1. The van der Waals surface area contributed by atoms with Gasteiger partial charge in [0.1, 0.15) is 5.75 Å². The first-order valence-electron chi connectivity index (χ1n) is 6.68. The molecule has 0 amide bonds. The average Bonchev–Trinajstić information content (AvgIpc) is 2.42. The first kappa shape index (κ1) is 15.5. The molecule has 0 heterocycles. The normalized spacial score (nSPS) is 13.8. The zero-order chi connectivity index (χ0) is 14.3. The van der Waals surface area contributed by atoms with E-state index in [1.165, 1.54) is 5.56 Å². The van der Waals surface area contributed by atoms with Gasteiger partial charge in [0.15, 0.2) is 0 Å². The van der Waals surface area contributed by atoms with Gasteiger partial charge in [0.25, 0.3) is 0 Å². The highest BCUT2D eigenvalue weighted by atomic mass is 16.5. The predicted molar refractivity (Wildman–Crippen MR) is 75.5 cm³/mol. The standard InChI is InChI=1S/C15H23NO3/c1-4-14(16-11(2)5-10-15(17)18)12-6-8-13(19-3)9-7-12/h6-9,11,14,16H,4-5,10H2,1-3H3,(H,17,18). The summed E-state index contributed by atoms with van der Waals surface area (Å²) in [5.74, 6) is 0.101. The molecule has 0 fully saturated rings. The Labute approximate surface area is 114 Å². The van der Waals surface area contributed by atoms with Crippen LogP contribution in [0.15, 0.2) is 24.3 Å². The lowest BCUT2D eigenvalue weighted by molar-refractivity contribution is -0.137. The van der Waals surface area contributed by atoms with Crippen molar-refractivity contribution in [3.05, 3.63) is 29.8 Å². The molecule has 0 aliphatic carbocycles. The second kappa shape index (κ2) is 7.79. The lowest BCUT2D eigenvalue weighted by Gasteiger charge is -2.22. The highest BCUT2D eigenvalue weighted by Crippen LogP contribution is 2.21. The topological polar surface area (TPSA) is 58.6 Å². The van der Waals surface area contributed by atoms with E-state index in [9.17, 15) is 4.79 Å². The van der Waals surface area contributed by atoms with E-state index in [0.29, 0.717) is 6.42 Å². The zero-order valence-corrected chi connectivity index (χ0v) is 11.8. The number of carbonyl (C=O) groups is 1. The lowest BCUT2D eigenvalue weighted by atomic mass is 10.0. The summed E-state index contributed by atoms with van der Waals surface area (Å²) in [4.78, 5) is 10.6. The van der Waals surface area contributed by atoms with E-state index in [4.69, 9.17) is 9.84 Å². The van der Waals surface area contributed by atoms with Gasteiger partial charge in [-0.25, -0.2) is 0 Å². The predicted octanol–water partition coefficient (Wildman–Crippen LogP) is 2.99. The summed E-state index contributed by atoms with van der Waals surface area (Å²) in [6.45, 7) is 4.14. The summed E-state index contributed by atoms with van der Waals surface area (Å²) in [5, 5.41) is 12.2. The van der Waals surface area contributed by atoms with Crippen LogP contribution in [-0.4, -0.2) is 24.2 Å². The second-order valence-electron chi connectivity index (χ2n) is 4.73. The van der Waals surface area contributed by atoms with Crippen molar-refractivity contribution in [2.24, 2.45) is 0 Å². The van der Waals surface area contributed by atoms with Crippen molar-refractivity contribution in [3.8, 4) is 5.75 Å². The average molecular weight is 265 g/mol. The molecule has 2 N–H and O–H groups in total. The molecule has 2 unspecified atom stereocenters. The van der Waals surface area contributed by atoms with Crippen molar-refractivity contribution in [1.82, 2.24) is 5.32 Å². The molecule has 0 aromatic heterocycles. The van der Waals surface area contributed by atoms with Crippen LogP contribution in [-0.2, 0) is 4.79 Å². The third-order valence-corrected chi connectivity index (χ3v) is 3.20. The van der Waals surface area contributed by atoms with Gasteiger partial charge in [-0.1, -0.05) is 19.1 Å². The maximum absolute atomic E-state index is 10.6. The summed E-state index contributed by atoms with van der Waals surface area (Å²) in [6.07, 6.45) is 1.80. The second-order valence-corrected chi connectivity index (χ2v) is 4.73. The fourth-order valence-corrected chi connectivity index (χ4v) is 2.05. The van der Waals surface area contributed by atoms with Gasteiger partial charge in [-0.2, -0.15) is 0 Å². The van der Waals surface area contributed by atoms with Crippen molar-refractivity contribution in [3.63, 3.8) is 0 Å². The fourth-order valence-electron chi connectivity index (χ4n) is 2.05. The summed E-state index contributed by atoms with van der Waals surface area (Å²) < 4.78 is 5.14. The van der Waals surface area contributed by atoms with Gasteiger partial charge in [0.2, 0.25) is 0 Å². The van der Waals surface area contributed by atoms with Gasteiger partial charge < -0.3 is 15.2 Å². The van der Waals surface area contributed by atoms with Crippen LogP contribution >= 0.6 is 0 Å². The molecule has 0 radical (unpaired) electrons. The Morgan fingerprint density at radius 1 is 1.37 bits per heavy atom. The Morgan fingerprint density at radius 3 is 2.47 bits per heavy atom. The van der Waals surface area contributed by atoms with Gasteiger partial charge in [0.05, 0.1) is 7.11 Å². The van der Waals surface area contributed by atoms with Crippen LogP contribution in [0.2, 0.25) is 0 Å². The van der Waals surface area contributed by atoms with Crippen LogP contribution in [0.1, 0.15) is 44.7 Å².